The monoisotopic (exact) mass is 294 g/mol. The predicted molar refractivity (Wildman–Crippen MR) is 80.8 cm³/mol. The molecule has 0 spiro atoms. The number of benzene rings is 1. The quantitative estimate of drug-likeness (QED) is 0.756. The molecule has 1 aromatic rings. The molecule has 20 heavy (non-hydrogen) atoms. The fourth-order valence-electron chi connectivity index (χ4n) is 1.50. The number of halogens is 1. The molecule has 0 aliphatic heterocycles. The largest absolute Gasteiger partial charge is 0.483 e. The highest BCUT2D eigenvalue weighted by Crippen LogP contribution is 2.26. The molecule has 0 heterocycles. The van der Waals surface area contributed by atoms with Gasteiger partial charge in [-0.1, -0.05) is 37.4 Å². The Morgan fingerprint density at radius 2 is 2.25 bits per heavy atom. The van der Waals surface area contributed by atoms with E-state index in [1.165, 1.54) is 0 Å². The van der Waals surface area contributed by atoms with Gasteiger partial charge in [-0.25, -0.2) is 0 Å². The summed E-state index contributed by atoms with van der Waals surface area (Å²) in [5, 5.41) is 6.42. The van der Waals surface area contributed by atoms with Crippen molar-refractivity contribution >= 4 is 17.5 Å². The van der Waals surface area contributed by atoms with Gasteiger partial charge < -0.3 is 15.4 Å². The van der Waals surface area contributed by atoms with Crippen molar-refractivity contribution in [1.29, 1.82) is 0 Å². The highest BCUT2D eigenvalue weighted by Gasteiger charge is 2.10. The van der Waals surface area contributed by atoms with Crippen LogP contribution in [0.15, 0.2) is 18.2 Å². The maximum atomic E-state index is 11.5. The van der Waals surface area contributed by atoms with Gasteiger partial charge in [-0.05, 0) is 12.1 Å². The fraction of sp³-hybridized carbons (Fsp3) is 0.400. The number of ether oxygens (including phenoxy) is 1. The van der Waals surface area contributed by atoms with Gasteiger partial charge in [0.2, 0.25) is 0 Å². The number of carbonyl (C=O) groups excluding carboxylic acids is 1. The molecule has 108 valence electrons. The van der Waals surface area contributed by atoms with Crippen molar-refractivity contribution in [2.75, 3.05) is 13.2 Å². The van der Waals surface area contributed by atoms with Crippen molar-refractivity contribution in [3.8, 4) is 18.1 Å². The number of rotatable bonds is 7. The van der Waals surface area contributed by atoms with E-state index < -0.39 is 0 Å². The third-order valence-electron chi connectivity index (χ3n) is 2.51. The van der Waals surface area contributed by atoms with E-state index in [1.807, 2.05) is 13.8 Å². The van der Waals surface area contributed by atoms with Gasteiger partial charge in [0.25, 0.3) is 5.91 Å². The lowest BCUT2D eigenvalue weighted by atomic mass is 10.2. The molecule has 4 nitrogen and oxygen atoms in total. The van der Waals surface area contributed by atoms with Gasteiger partial charge in [0.1, 0.15) is 5.75 Å². The summed E-state index contributed by atoms with van der Waals surface area (Å²) in [7, 11) is 0. The van der Waals surface area contributed by atoms with Crippen molar-refractivity contribution in [1.82, 2.24) is 10.6 Å². The van der Waals surface area contributed by atoms with E-state index in [0.717, 1.165) is 5.56 Å². The van der Waals surface area contributed by atoms with Crippen LogP contribution in [0.5, 0.6) is 5.75 Å². The normalized spacial score (nSPS) is 10.2. The molecule has 0 atom stereocenters. The van der Waals surface area contributed by atoms with Crippen LogP contribution < -0.4 is 15.4 Å². The molecule has 1 amide bonds. The van der Waals surface area contributed by atoms with E-state index in [4.69, 9.17) is 22.8 Å². The van der Waals surface area contributed by atoms with Gasteiger partial charge in [-0.15, -0.1) is 6.42 Å². The zero-order valence-corrected chi connectivity index (χ0v) is 12.5. The first-order chi connectivity index (χ1) is 9.54. The second-order valence-electron chi connectivity index (χ2n) is 4.52. The summed E-state index contributed by atoms with van der Waals surface area (Å²) in [6.07, 6.45) is 5.06. The van der Waals surface area contributed by atoms with Gasteiger partial charge in [0, 0.05) is 23.2 Å². The summed E-state index contributed by atoms with van der Waals surface area (Å²) in [6, 6.07) is 5.70. The van der Waals surface area contributed by atoms with Crippen molar-refractivity contribution < 1.29 is 9.53 Å². The summed E-state index contributed by atoms with van der Waals surface area (Å²) in [6.45, 7) is 4.78. The Bertz CT molecular complexity index is 495. The third-order valence-corrected chi connectivity index (χ3v) is 2.86. The molecule has 2 N–H and O–H groups in total. The maximum Gasteiger partial charge on any atom is 0.258 e. The SMILES string of the molecule is C#CCNC(=O)COc1cccc(Cl)c1CNC(C)C. The highest BCUT2D eigenvalue weighted by atomic mass is 35.5. The van der Waals surface area contributed by atoms with E-state index in [-0.39, 0.29) is 19.1 Å². The summed E-state index contributed by atoms with van der Waals surface area (Å²) < 4.78 is 5.50. The molecule has 1 rings (SSSR count). The van der Waals surface area contributed by atoms with E-state index in [2.05, 4.69) is 16.6 Å². The Balaban J connectivity index is 2.67. The van der Waals surface area contributed by atoms with Crippen LogP contribution in [0.25, 0.3) is 0 Å². The Kier molecular flexibility index (Phi) is 6.92. The highest BCUT2D eigenvalue weighted by molar-refractivity contribution is 6.31. The first-order valence-electron chi connectivity index (χ1n) is 6.38. The van der Waals surface area contributed by atoms with Crippen molar-refractivity contribution in [2.45, 2.75) is 26.4 Å². The zero-order valence-electron chi connectivity index (χ0n) is 11.7. The van der Waals surface area contributed by atoms with Gasteiger partial charge in [0.05, 0.1) is 6.54 Å². The first-order valence-corrected chi connectivity index (χ1v) is 6.76. The molecule has 1 aromatic carbocycles. The standard InChI is InChI=1S/C15H19ClN2O2/c1-4-8-17-15(19)10-20-14-7-5-6-13(16)12(14)9-18-11(2)3/h1,5-7,11,18H,8-10H2,2-3H3,(H,17,19). The minimum Gasteiger partial charge on any atom is -0.483 e. The lowest BCUT2D eigenvalue weighted by molar-refractivity contribution is -0.122. The summed E-state index contributed by atoms with van der Waals surface area (Å²) >= 11 is 6.16. The Morgan fingerprint density at radius 3 is 2.90 bits per heavy atom. The molecular formula is C15H19ClN2O2. The molecule has 0 aliphatic carbocycles. The predicted octanol–water partition coefficient (Wildman–Crippen LogP) is 1.97. The average molecular weight is 295 g/mol. The van der Waals surface area contributed by atoms with E-state index in [1.54, 1.807) is 18.2 Å². The van der Waals surface area contributed by atoms with Gasteiger partial charge in [-0.2, -0.15) is 0 Å². The zero-order chi connectivity index (χ0) is 15.0. The number of carbonyl (C=O) groups is 1. The smallest absolute Gasteiger partial charge is 0.258 e. The van der Waals surface area contributed by atoms with Crippen LogP contribution in [-0.2, 0) is 11.3 Å². The van der Waals surface area contributed by atoms with E-state index in [0.29, 0.717) is 23.4 Å². The van der Waals surface area contributed by atoms with Gasteiger partial charge >= 0.3 is 0 Å². The van der Waals surface area contributed by atoms with Crippen LogP contribution in [-0.4, -0.2) is 25.1 Å². The van der Waals surface area contributed by atoms with E-state index in [9.17, 15) is 4.79 Å². The van der Waals surface area contributed by atoms with E-state index >= 15 is 0 Å². The van der Waals surface area contributed by atoms with Crippen LogP contribution in [0.4, 0.5) is 0 Å². The van der Waals surface area contributed by atoms with Crippen LogP contribution >= 0.6 is 11.6 Å². The molecule has 0 bridgehead atoms. The van der Waals surface area contributed by atoms with Crippen molar-refractivity contribution in [3.63, 3.8) is 0 Å². The lowest BCUT2D eigenvalue weighted by Crippen LogP contribution is -2.29. The van der Waals surface area contributed by atoms with Crippen LogP contribution in [0.1, 0.15) is 19.4 Å². The van der Waals surface area contributed by atoms with Crippen molar-refractivity contribution in [2.24, 2.45) is 0 Å². The second kappa shape index (κ2) is 8.47. The Morgan fingerprint density at radius 1 is 1.50 bits per heavy atom. The number of terminal acetylenes is 1. The molecular weight excluding hydrogens is 276 g/mol. The van der Waals surface area contributed by atoms with Crippen LogP contribution in [0.3, 0.4) is 0 Å². The topological polar surface area (TPSA) is 50.4 Å². The number of hydrogen-bond donors (Lipinski definition) is 2. The summed E-state index contributed by atoms with van der Waals surface area (Å²) in [5.41, 5.74) is 0.840. The van der Waals surface area contributed by atoms with Crippen molar-refractivity contribution in [3.05, 3.63) is 28.8 Å². The Labute approximate surface area is 124 Å². The molecule has 0 fully saturated rings. The molecule has 0 aliphatic rings. The van der Waals surface area contributed by atoms with Crippen LogP contribution in [0, 0.1) is 12.3 Å². The molecule has 0 aromatic heterocycles. The average Bonchev–Trinajstić information content (AvgIpc) is 2.41. The summed E-state index contributed by atoms with van der Waals surface area (Å²) in [4.78, 5) is 11.5. The lowest BCUT2D eigenvalue weighted by Gasteiger charge is -2.14. The second-order valence-corrected chi connectivity index (χ2v) is 4.93. The first kappa shape index (κ1) is 16.4. The minimum atomic E-state index is -0.259. The van der Waals surface area contributed by atoms with Gasteiger partial charge in [0.15, 0.2) is 6.61 Å². The fourth-order valence-corrected chi connectivity index (χ4v) is 1.73. The van der Waals surface area contributed by atoms with Crippen LogP contribution in [0.2, 0.25) is 5.02 Å². The third kappa shape index (κ3) is 5.52. The molecule has 0 saturated carbocycles. The minimum absolute atomic E-state index is 0.0866. The molecule has 0 saturated heterocycles. The number of nitrogens with one attached hydrogen (secondary N) is 2. The number of hydrogen-bond acceptors (Lipinski definition) is 3. The summed E-state index contributed by atoms with van der Waals surface area (Å²) in [5.74, 6) is 2.67. The Hall–Kier alpha value is -1.70. The molecule has 0 unspecified atom stereocenters. The maximum absolute atomic E-state index is 11.5. The molecule has 0 radical (unpaired) electrons. The molecule has 5 heteroatoms. The van der Waals surface area contributed by atoms with Gasteiger partial charge in [-0.3, -0.25) is 4.79 Å². The number of amides is 1.